The smallest absolute Gasteiger partial charge is 0.146 e. The van der Waals surface area contributed by atoms with Gasteiger partial charge >= 0.3 is 0 Å². The summed E-state index contributed by atoms with van der Waals surface area (Å²) in [6.45, 7) is 5.92. The molecule has 0 amide bonds. The molecule has 1 aliphatic heterocycles. The van der Waals surface area contributed by atoms with E-state index in [-0.39, 0.29) is 5.82 Å². The minimum Gasteiger partial charge on any atom is -0.365 e. The van der Waals surface area contributed by atoms with Gasteiger partial charge in [-0.15, -0.1) is 0 Å². The molecule has 1 heterocycles. The molecule has 0 aliphatic carbocycles. The second kappa shape index (κ2) is 7.04. The molecule has 0 aromatic heterocycles. The van der Waals surface area contributed by atoms with Gasteiger partial charge in [0.05, 0.1) is 5.69 Å². The maximum atomic E-state index is 14.4. The van der Waals surface area contributed by atoms with E-state index in [4.69, 9.17) is 0 Å². The predicted molar refractivity (Wildman–Crippen MR) is 82.7 cm³/mol. The number of likely N-dealkylation sites (N-methyl/N-ethyl adjacent to an activating group) is 1. The van der Waals surface area contributed by atoms with Crippen molar-refractivity contribution in [3.63, 3.8) is 0 Å². The van der Waals surface area contributed by atoms with Crippen LogP contribution in [0.4, 0.5) is 10.1 Å². The van der Waals surface area contributed by atoms with E-state index in [9.17, 15) is 4.39 Å². The van der Waals surface area contributed by atoms with Crippen molar-refractivity contribution in [1.29, 1.82) is 0 Å². The van der Waals surface area contributed by atoms with Crippen LogP contribution in [0.5, 0.6) is 0 Å². The average molecular weight is 279 g/mol. The molecular weight excluding hydrogens is 253 g/mol. The molecule has 1 unspecified atom stereocenters. The highest BCUT2D eigenvalue weighted by molar-refractivity contribution is 5.50. The van der Waals surface area contributed by atoms with Gasteiger partial charge in [-0.05, 0) is 51.2 Å². The zero-order chi connectivity index (χ0) is 14.5. The van der Waals surface area contributed by atoms with Crippen LogP contribution in [0.1, 0.15) is 25.3 Å². The lowest BCUT2D eigenvalue weighted by Gasteiger charge is -2.32. The molecule has 2 rings (SSSR count). The van der Waals surface area contributed by atoms with Crippen LogP contribution in [-0.2, 0) is 6.54 Å². The molecule has 0 bridgehead atoms. The topological polar surface area (TPSA) is 18.5 Å². The third-order valence-electron chi connectivity index (χ3n) is 4.08. The van der Waals surface area contributed by atoms with Gasteiger partial charge in [-0.3, -0.25) is 0 Å². The van der Waals surface area contributed by atoms with Gasteiger partial charge < -0.3 is 15.1 Å². The molecule has 1 aromatic carbocycles. The summed E-state index contributed by atoms with van der Waals surface area (Å²) in [7, 11) is 4.03. The van der Waals surface area contributed by atoms with Gasteiger partial charge in [0.1, 0.15) is 5.82 Å². The second-order valence-corrected chi connectivity index (χ2v) is 5.69. The van der Waals surface area contributed by atoms with Gasteiger partial charge in [-0.1, -0.05) is 13.0 Å². The Morgan fingerprint density at radius 2 is 2.15 bits per heavy atom. The number of benzene rings is 1. The van der Waals surface area contributed by atoms with Crippen LogP contribution in [0.15, 0.2) is 18.2 Å². The molecule has 0 radical (unpaired) electrons. The van der Waals surface area contributed by atoms with E-state index >= 15 is 0 Å². The largest absolute Gasteiger partial charge is 0.365 e. The summed E-state index contributed by atoms with van der Waals surface area (Å²) >= 11 is 0. The number of anilines is 1. The summed E-state index contributed by atoms with van der Waals surface area (Å²) in [6.07, 6.45) is 2.13. The first-order valence-corrected chi connectivity index (χ1v) is 7.54. The number of hydrogen-bond donors (Lipinski definition) is 1. The Bertz CT molecular complexity index is 436. The fourth-order valence-electron chi connectivity index (χ4n) is 3.01. The van der Waals surface area contributed by atoms with Gasteiger partial charge in [0.2, 0.25) is 0 Å². The van der Waals surface area contributed by atoms with Crippen LogP contribution in [0, 0.1) is 5.82 Å². The van der Waals surface area contributed by atoms with Gasteiger partial charge in [0.15, 0.2) is 0 Å². The van der Waals surface area contributed by atoms with Gasteiger partial charge in [-0.2, -0.15) is 0 Å². The maximum absolute atomic E-state index is 14.4. The monoisotopic (exact) mass is 279 g/mol. The predicted octanol–water partition coefficient (Wildman–Crippen LogP) is 2.47. The lowest BCUT2D eigenvalue weighted by molar-refractivity contribution is 0.327. The molecule has 0 saturated carbocycles. The van der Waals surface area contributed by atoms with E-state index in [1.165, 1.54) is 0 Å². The van der Waals surface area contributed by atoms with Crippen LogP contribution < -0.4 is 10.2 Å². The molecule has 1 N–H and O–H groups in total. The number of hydrogen-bond acceptors (Lipinski definition) is 3. The van der Waals surface area contributed by atoms with Crippen molar-refractivity contribution in [2.75, 3.05) is 38.6 Å². The molecule has 4 heteroatoms. The summed E-state index contributed by atoms with van der Waals surface area (Å²) < 4.78 is 14.4. The van der Waals surface area contributed by atoms with E-state index in [1.54, 1.807) is 6.07 Å². The molecule has 112 valence electrons. The third kappa shape index (κ3) is 3.49. The van der Waals surface area contributed by atoms with Crippen LogP contribution in [0.2, 0.25) is 0 Å². The van der Waals surface area contributed by atoms with Crippen molar-refractivity contribution in [2.24, 2.45) is 0 Å². The molecule has 1 aromatic rings. The molecule has 20 heavy (non-hydrogen) atoms. The van der Waals surface area contributed by atoms with Crippen LogP contribution in [0.3, 0.4) is 0 Å². The van der Waals surface area contributed by atoms with Crippen molar-refractivity contribution >= 4 is 5.69 Å². The number of nitrogens with zero attached hydrogens (tertiary/aromatic N) is 2. The summed E-state index contributed by atoms with van der Waals surface area (Å²) in [5.74, 6) is -0.0965. The zero-order valence-electron chi connectivity index (χ0n) is 12.8. The van der Waals surface area contributed by atoms with E-state index < -0.39 is 0 Å². The first-order chi connectivity index (χ1) is 9.65. The first kappa shape index (κ1) is 15.3. The quantitative estimate of drug-likeness (QED) is 0.913. The average Bonchev–Trinajstić information content (AvgIpc) is 2.61. The van der Waals surface area contributed by atoms with Crippen LogP contribution in [-0.4, -0.2) is 44.7 Å². The van der Waals surface area contributed by atoms with Gasteiger partial charge in [0, 0.05) is 25.7 Å². The van der Waals surface area contributed by atoms with Crippen molar-refractivity contribution in [2.45, 2.75) is 32.4 Å². The minimum atomic E-state index is -0.0965. The highest BCUT2D eigenvalue weighted by Crippen LogP contribution is 2.25. The van der Waals surface area contributed by atoms with E-state index in [1.807, 2.05) is 19.2 Å². The lowest BCUT2D eigenvalue weighted by atomic mass is 10.1. The van der Waals surface area contributed by atoms with Crippen LogP contribution >= 0.6 is 0 Å². The highest BCUT2D eigenvalue weighted by atomic mass is 19.1. The van der Waals surface area contributed by atoms with Gasteiger partial charge in [0.25, 0.3) is 0 Å². The molecule has 1 saturated heterocycles. The van der Waals surface area contributed by atoms with E-state index in [0.29, 0.717) is 12.6 Å². The van der Waals surface area contributed by atoms with Crippen LogP contribution in [0.25, 0.3) is 0 Å². The molecule has 1 fully saturated rings. The number of nitrogens with one attached hydrogen (secondary N) is 1. The SMILES string of the molecule is CCC1CN(C)CCCN1c1ccc(CNC)cc1F. The molecule has 3 nitrogen and oxygen atoms in total. The number of rotatable bonds is 4. The first-order valence-electron chi connectivity index (χ1n) is 7.54. The Hall–Kier alpha value is -1.13. The lowest BCUT2D eigenvalue weighted by Crippen LogP contribution is -2.40. The fourth-order valence-corrected chi connectivity index (χ4v) is 3.01. The Labute approximate surface area is 121 Å². The maximum Gasteiger partial charge on any atom is 0.146 e. The van der Waals surface area contributed by atoms with Crippen molar-refractivity contribution in [1.82, 2.24) is 10.2 Å². The molecular formula is C16H26FN3. The number of halogens is 1. The Morgan fingerprint density at radius 1 is 1.35 bits per heavy atom. The Balaban J connectivity index is 2.23. The fraction of sp³-hybridized carbons (Fsp3) is 0.625. The zero-order valence-corrected chi connectivity index (χ0v) is 12.8. The summed E-state index contributed by atoms with van der Waals surface area (Å²) in [5.41, 5.74) is 1.75. The highest BCUT2D eigenvalue weighted by Gasteiger charge is 2.24. The Kier molecular flexibility index (Phi) is 5.38. The molecule has 1 aliphatic rings. The minimum absolute atomic E-state index is 0.0965. The van der Waals surface area contributed by atoms with E-state index in [2.05, 4.69) is 29.1 Å². The summed E-state index contributed by atoms with van der Waals surface area (Å²) in [6, 6.07) is 6.02. The second-order valence-electron chi connectivity index (χ2n) is 5.69. The van der Waals surface area contributed by atoms with E-state index in [0.717, 1.165) is 43.7 Å². The van der Waals surface area contributed by atoms with Crippen molar-refractivity contribution < 1.29 is 4.39 Å². The standard InChI is InChI=1S/C16H26FN3/c1-4-14-12-19(3)8-5-9-20(14)16-7-6-13(11-18-2)10-15(16)17/h6-7,10,14,18H,4-5,8-9,11-12H2,1-3H3. The summed E-state index contributed by atoms with van der Waals surface area (Å²) in [4.78, 5) is 4.60. The molecule has 1 atom stereocenters. The third-order valence-corrected chi connectivity index (χ3v) is 4.08. The van der Waals surface area contributed by atoms with Crippen molar-refractivity contribution in [3.8, 4) is 0 Å². The van der Waals surface area contributed by atoms with Gasteiger partial charge in [-0.25, -0.2) is 4.39 Å². The Morgan fingerprint density at radius 3 is 2.80 bits per heavy atom. The molecule has 0 spiro atoms. The normalized spacial score (nSPS) is 21.0. The summed E-state index contributed by atoms with van der Waals surface area (Å²) in [5, 5.41) is 3.06. The van der Waals surface area contributed by atoms with Crippen molar-refractivity contribution in [3.05, 3.63) is 29.6 Å².